The Morgan fingerprint density at radius 1 is 0.844 bits per heavy atom. The lowest BCUT2D eigenvalue weighted by molar-refractivity contribution is 0.0955. The zero-order valence-corrected chi connectivity index (χ0v) is 16.9. The lowest BCUT2D eigenvalue weighted by atomic mass is 10.1. The lowest BCUT2D eigenvalue weighted by Crippen LogP contribution is -2.26. The molecule has 168 valence electrons. The molecule has 0 aliphatic carbocycles. The molecule has 0 aliphatic rings. The van der Waals surface area contributed by atoms with E-state index in [0.717, 1.165) is 5.56 Å². The quantitative estimate of drug-likeness (QED) is 0.289. The van der Waals surface area contributed by atoms with Gasteiger partial charge in [-0.15, -0.1) is 0 Å². The molecular weight excluding hydrogens is 431 g/mol. The highest BCUT2D eigenvalue weighted by Gasteiger charge is 2.25. The zero-order chi connectivity index (χ0) is 23.3. The van der Waals surface area contributed by atoms with E-state index in [4.69, 9.17) is 4.74 Å². The third kappa shape index (κ3) is 4.99. The first-order valence-electron chi connectivity index (χ1n) is 9.57. The molecule has 3 aromatic rings. The van der Waals surface area contributed by atoms with Crippen LogP contribution in [-0.2, 0) is 13.0 Å². The highest BCUT2D eigenvalue weighted by Crippen LogP contribution is 2.24. The number of anilines is 1. The van der Waals surface area contributed by atoms with Gasteiger partial charge >= 0.3 is 0 Å². The topological polar surface area (TPSA) is 50.4 Å². The Hall–Kier alpha value is -3.62. The summed E-state index contributed by atoms with van der Waals surface area (Å²) in [5, 5.41) is 5.31. The minimum absolute atomic E-state index is 0.158. The van der Waals surface area contributed by atoms with Crippen molar-refractivity contribution in [1.82, 2.24) is 5.32 Å². The van der Waals surface area contributed by atoms with E-state index in [9.17, 15) is 26.7 Å². The van der Waals surface area contributed by atoms with Crippen molar-refractivity contribution in [3.63, 3.8) is 0 Å². The Bertz CT molecular complexity index is 1090. The number of para-hydroxylation sites is 1. The number of nitrogens with one attached hydrogen (secondary N) is 2. The van der Waals surface area contributed by atoms with Crippen molar-refractivity contribution in [3.05, 3.63) is 94.3 Å². The number of ether oxygens (including phenoxy) is 1. The largest absolute Gasteiger partial charge is 0.497 e. The number of carbonyl (C=O) groups is 1. The van der Waals surface area contributed by atoms with Crippen LogP contribution < -0.4 is 15.4 Å². The molecule has 0 unspecified atom stereocenters. The van der Waals surface area contributed by atoms with Crippen molar-refractivity contribution in [1.29, 1.82) is 0 Å². The molecule has 0 heterocycles. The first-order chi connectivity index (χ1) is 15.3. The summed E-state index contributed by atoms with van der Waals surface area (Å²) in [6.07, 6.45) is 0.551. The Balaban J connectivity index is 1.67. The van der Waals surface area contributed by atoms with E-state index < -0.39 is 47.1 Å². The molecule has 3 rings (SSSR count). The molecule has 32 heavy (non-hydrogen) atoms. The van der Waals surface area contributed by atoms with Gasteiger partial charge in [0.25, 0.3) is 5.91 Å². The number of amides is 1. The van der Waals surface area contributed by atoms with Crippen molar-refractivity contribution in [3.8, 4) is 5.75 Å². The molecule has 0 aromatic heterocycles. The molecule has 0 bridgehead atoms. The molecule has 0 fully saturated rings. The second-order valence-corrected chi connectivity index (χ2v) is 6.80. The van der Waals surface area contributed by atoms with Crippen LogP contribution in [0.4, 0.5) is 27.6 Å². The molecule has 0 atom stereocenters. The maximum atomic E-state index is 13.9. The summed E-state index contributed by atoms with van der Waals surface area (Å²) in [6, 6.07) is 13.4. The van der Waals surface area contributed by atoms with Gasteiger partial charge in [0.1, 0.15) is 5.75 Å². The summed E-state index contributed by atoms with van der Waals surface area (Å²) in [7, 11) is 1.56. The SMILES string of the molecule is COc1ccc(CCNC(=O)c2ccccc2NCc2c(F)c(F)c(F)c(F)c2F)cc1. The summed E-state index contributed by atoms with van der Waals surface area (Å²) in [5.74, 6) is -9.85. The van der Waals surface area contributed by atoms with E-state index in [1.165, 1.54) is 12.1 Å². The first-order valence-corrected chi connectivity index (χ1v) is 9.57. The third-order valence-electron chi connectivity index (χ3n) is 4.79. The summed E-state index contributed by atoms with van der Waals surface area (Å²) in [5.41, 5.74) is 0.296. The average molecular weight is 450 g/mol. The van der Waals surface area contributed by atoms with Gasteiger partial charge in [-0.1, -0.05) is 24.3 Å². The van der Waals surface area contributed by atoms with Gasteiger partial charge in [0.2, 0.25) is 5.82 Å². The van der Waals surface area contributed by atoms with E-state index in [0.29, 0.717) is 18.7 Å². The molecule has 1 amide bonds. The van der Waals surface area contributed by atoms with Crippen LogP contribution in [0, 0.1) is 29.1 Å². The van der Waals surface area contributed by atoms with Gasteiger partial charge in [-0.2, -0.15) is 0 Å². The number of rotatable bonds is 8. The number of carbonyl (C=O) groups excluding carboxylic acids is 1. The number of halogens is 5. The van der Waals surface area contributed by atoms with E-state index in [1.54, 1.807) is 31.4 Å². The van der Waals surface area contributed by atoms with Crippen molar-refractivity contribution in [2.45, 2.75) is 13.0 Å². The highest BCUT2D eigenvalue weighted by molar-refractivity contribution is 5.99. The van der Waals surface area contributed by atoms with Crippen LogP contribution in [0.25, 0.3) is 0 Å². The van der Waals surface area contributed by atoms with E-state index in [-0.39, 0.29) is 11.3 Å². The minimum atomic E-state index is -2.22. The Kier molecular flexibility index (Phi) is 7.29. The molecule has 2 N–H and O–H groups in total. The van der Waals surface area contributed by atoms with Gasteiger partial charge in [0.15, 0.2) is 23.3 Å². The fraction of sp³-hybridized carbons (Fsp3) is 0.174. The second-order valence-electron chi connectivity index (χ2n) is 6.80. The fourth-order valence-corrected chi connectivity index (χ4v) is 3.03. The van der Waals surface area contributed by atoms with Crippen LogP contribution in [-0.4, -0.2) is 19.6 Å². The molecule has 0 saturated heterocycles. The highest BCUT2D eigenvalue weighted by atomic mass is 19.2. The van der Waals surface area contributed by atoms with Crippen LogP contribution in [0.2, 0.25) is 0 Å². The van der Waals surface area contributed by atoms with Crippen LogP contribution in [0.1, 0.15) is 21.5 Å². The van der Waals surface area contributed by atoms with E-state index >= 15 is 0 Å². The molecule has 0 radical (unpaired) electrons. The van der Waals surface area contributed by atoms with Crippen molar-refractivity contribution in [2.75, 3.05) is 19.0 Å². The Morgan fingerprint density at radius 3 is 2.06 bits per heavy atom. The summed E-state index contributed by atoms with van der Waals surface area (Å²) < 4.78 is 72.9. The maximum Gasteiger partial charge on any atom is 0.253 e. The van der Waals surface area contributed by atoms with Gasteiger partial charge in [0, 0.05) is 24.3 Å². The Morgan fingerprint density at radius 2 is 1.44 bits per heavy atom. The molecular formula is C23H19F5N2O2. The van der Waals surface area contributed by atoms with E-state index in [2.05, 4.69) is 10.6 Å². The number of hydrogen-bond donors (Lipinski definition) is 2. The van der Waals surface area contributed by atoms with Crippen molar-refractivity contribution < 1.29 is 31.5 Å². The normalized spacial score (nSPS) is 10.7. The van der Waals surface area contributed by atoms with Gasteiger partial charge in [-0.05, 0) is 36.2 Å². The van der Waals surface area contributed by atoms with Crippen LogP contribution in [0.15, 0.2) is 48.5 Å². The lowest BCUT2D eigenvalue weighted by Gasteiger charge is -2.14. The van der Waals surface area contributed by atoms with Gasteiger partial charge < -0.3 is 15.4 Å². The number of hydrogen-bond acceptors (Lipinski definition) is 3. The molecule has 0 saturated carbocycles. The summed E-state index contributed by atoms with van der Waals surface area (Å²) >= 11 is 0. The first kappa shape index (κ1) is 23.1. The minimum Gasteiger partial charge on any atom is -0.497 e. The summed E-state index contributed by atoms with van der Waals surface area (Å²) in [4.78, 5) is 12.6. The third-order valence-corrected chi connectivity index (χ3v) is 4.79. The van der Waals surface area contributed by atoms with Gasteiger partial charge in [-0.3, -0.25) is 4.79 Å². The molecule has 0 spiro atoms. The van der Waals surface area contributed by atoms with Crippen molar-refractivity contribution in [2.24, 2.45) is 0 Å². The smallest absolute Gasteiger partial charge is 0.253 e. The monoisotopic (exact) mass is 450 g/mol. The summed E-state index contributed by atoms with van der Waals surface area (Å²) in [6.45, 7) is -0.390. The molecule has 0 aliphatic heterocycles. The van der Waals surface area contributed by atoms with Crippen molar-refractivity contribution >= 4 is 11.6 Å². The molecule has 4 nitrogen and oxygen atoms in total. The zero-order valence-electron chi connectivity index (χ0n) is 16.9. The van der Waals surface area contributed by atoms with E-state index in [1.807, 2.05) is 12.1 Å². The van der Waals surface area contributed by atoms with Crippen LogP contribution >= 0.6 is 0 Å². The number of benzene rings is 3. The second kappa shape index (κ2) is 10.1. The molecule has 9 heteroatoms. The predicted molar refractivity (Wildman–Crippen MR) is 109 cm³/mol. The van der Waals surface area contributed by atoms with Crippen LogP contribution in [0.5, 0.6) is 5.75 Å². The predicted octanol–water partition coefficient (Wildman–Crippen LogP) is 4.98. The fourth-order valence-electron chi connectivity index (χ4n) is 3.03. The van der Waals surface area contributed by atoms with Gasteiger partial charge in [-0.25, -0.2) is 22.0 Å². The average Bonchev–Trinajstić information content (AvgIpc) is 2.82. The standard InChI is InChI=1S/C23H19F5N2O2/c1-32-14-8-6-13(7-9-14)10-11-29-23(31)15-4-2-3-5-17(15)30-12-16-18(24)20(26)22(28)21(27)19(16)25/h2-9,30H,10-12H2,1H3,(H,29,31). The Labute approximate surface area is 181 Å². The molecule has 3 aromatic carbocycles. The maximum absolute atomic E-state index is 13.9. The number of methoxy groups -OCH3 is 1. The van der Waals surface area contributed by atoms with Crippen LogP contribution in [0.3, 0.4) is 0 Å². The van der Waals surface area contributed by atoms with Gasteiger partial charge in [0.05, 0.1) is 12.7 Å².